The molecule has 1 amide bonds. The fraction of sp³-hybridized carbons (Fsp3) is 0.917. The number of amides is 1. The van der Waals surface area contributed by atoms with Gasteiger partial charge in [-0.1, -0.05) is 0 Å². The third-order valence-corrected chi connectivity index (χ3v) is 3.11. The lowest BCUT2D eigenvalue weighted by molar-refractivity contribution is -0.123. The molecule has 1 unspecified atom stereocenters. The van der Waals surface area contributed by atoms with Crippen LogP contribution in [-0.2, 0) is 9.53 Å². The van der Waals surface area contributed by atoms with Crippen LogP contribution >= 0.6 is 0 Å². The maximum absolute atomic E-state index is 11.7. The summed E-state index contributed by atoms with van der Waals surface area (Å²) in [6.45, 7) is 5.38. The van der Waals surface area contributed by atoms with Crippen LogP contribution in [0.3, 0.4) is 0 Å². The average molecular weight is 245 g/mol. The van der Waals surface area contributed by atoms with Crippen molar-refractivity contribution >= 4 is 5.91 Å². The first-order valence-corrected chi connectivity index (χ1v) is 6.01. The molecule has 0 aromatic heterocycles. The summed E-state index contributed by atoms with van der Waals surface area (Å²) in [7, 11) is 5.63. The van der Waals surface area contributed by atoms with E-state index < -0.39 is 6.04 Å². The van der Waals surface area contributed by atoms with Gasteiger partial charge >= 0.3 is 0 Å². The van der Waals surface area contributed by atoms with Gasteiger partial charge in [0.2, 0.25) is 5.91 Å². The lowest BCUT2D eigenvalue weighted by Crippen LogP contribution is -2.51. The topological polar surface area (TPSA) is 67.6 Å². The predicted octanol–water partition coefficient (Wildman–Crippen LogP) is 0.197. The van der Waals surface area contributed by atoms with Gasteiger partial charge in [-0.2, -0.15) is 0 Å². The van der Waals surface area contributed by atoms with E-state index in [1.807, 2.05) is 14.1 Å². The largest absolute Gasteiger partial charge is 0.385 e. The van der Waals surface area contributed by atoms with Crippen molar-refractivity contribution in [3.8, 4) is 0 Å². The van der Waals surface area contributed by atoms with E-state index in [2.05, 4.69) is 24.1 Å². The lowest BCUT2D eigenvalue weighted by atomic mass is 10.0. The minimum Gasteiger partial charge on any atom is -0.385 e. The van der Waals surface area contributed by atoms with Gasteiger partial charge in [0.15, 0.2) is 0 Å². The van der Waals surface area contributed by atoms with Crippen molar-refractivity contribution in [3.63, 3.8) is 0 Å². The van der Waals surface area contributed by atoms with Gasteiger partial charge < -0.3 is 20.7 Å². The normalized spacial score (nSPS) is 13.8. The van der Waals surface area contributed by atoms with Crippen LogP contribution < -0.4 is 11.1 Å². The number of methoxy groups -OCH3 is 1. The molecule has 0 aliphatic heterocycles. The molecular weight excluding hydrogens is 218 g/mol. The van der Waals surface area contributed by atoms with Crippen molar-refractivity contribution in [2.75, 3.05) is 34.4 Å². The molecule has 0 aromatic carbocycles. The number of ether oxygens (including phenoxy) is 1. The molecule has 0 spiro atoms. The standard InChI is InChI=1S/C12H27N3O2/c1-12(2,15(3)4)9-14-11(16)10(13)7-6-8-17-5/h10H,6-9,13H2,1-5H3,(H,14,16). The Morgan fingerprint density at radius 2 is 2.06 bits per heavy atom. The highest BCUT2D eigenvalue weighted by Crippen LogP contribution is 2.07. The molecule has 0 saturated carbocycles. The summed E-state index contributed by atoms with van der Waals surface area (Å²) in [6.07, 6.45) is 1.46. The molecule has 0 aliphatic rings. The zero-order valence-corrected chi connectivity index (χ0v) is 11.7. The maximum Gasteiger partial charge on any atom is 0.236 e. The number of nitrogens with zero attached hydrogens (tertiary/aromatic N) is 1. The summed E-state index contributed by atoms with van der Waals surface area (Å²) >= 11 is 0. The average Bonchev–Trinajstić information content (AvgIpc) is 2.26. The van der Waals surface area contributed by atoms with Crippen LogP contribution in [-0.4, -0.2) is 56.7 Å². The Bertz CT molecular complexity index is 230. The molecule has 0 heterocycles. The molecule has 5 heteroatoms. The van der Waals surface area contributed by atoms with Gasteiger partial charge in [0.1, 0.15) is 0 Å². The fourth-order valence-corrected chi connectivity index (χ4v) is 1.17. The van der Waals surface area contributed by atoms with Crippen LogP contribution in [0, 0.1) is 0 Å². The van der Waals surface area contributed by atoms with E-state index in [9.17, 15) is 4.79 Å². The lowest BCUT2D eigenvalue weighted by Gasteiger charge is -2.33. The van der Waals surface area contributed by atoms with Gasteiger partial charge in [-0.05, 0) is 40.8 Å². The van der Waals surface area contributed by atoms with Crippen LogP contribution in [0.2, 0.25) is 0 Å². The SMILES string of the molecule is COCCCC(N)C(=O)NCC(C)(C)N(C)C. The molecule has 0 aliphatic carbocycles. The molecule has 0 bridgehead atoms. The van der Waals surface area contributed by atoms with Crippen molar-refractivity contribution < 1.29 is 9.53 Å². The first-order valence-electron chi connectivity index (χ1n) is 6.01. The quantitative estimate of drug-likeness (QED) is 0.599. The number of hydrogen-bond acceptors (Lipinski definition) is 4. The third-order valence-electron chi connectivity index (χ3n) is 3.11. The number of carbonyl (C=O) groups is 1. The van der Waals surface area contributed by atoms with Gasteiger partial charge in [-0.25, -0.2) is 0 Å². The maximum atomic E-state index is 11.7. The van der Waals surface area contributed by atoms with Crippen LogP contribution in [0.15, 0.2) is 0 Å². The summed E-state index contributed by atoms with van der Waals surface area (Å²) in [4.78, 5) is 13.8. The number of hydrogen-bond donors (Lipinski definition) is 2. The molecule has 17 heavy (non-hydrogen) atoms. The fourth-order valence-electron chi connectivity index (χ4n) is 1.17. The number of nitrogens with one attached hydrogen (secondary N) is 1. The Morgan fingerprint density at radius 3 is 2.53 bits per heavy atom. The zero-order valence-electron chi connectivity index (χ0n) is 11.7. The Morgan fingerprint density at radius 1 is 1.47 bits per heavy atom. The van der Waals surface area contributed by atoms with Gasteiger partial charge in [0.05, 0.1) is 6.04 Å². The first-order chi connectivity index (χ1) is 7.81. The van der Waals surface area contributed by atoms with Gasteiger partial charge in [-0.3, -0.25) is 4.79 Å². The molecule has 5 nitrogen and oxygen atoms in total. The van der Waals surface area contributed by atoms with E-state index >= 15 is 0 Å². The second kappa shape index (κ2) is 7.63. The first kappa shape index (κ1) is 16.4. The third kappa shape index (κ3) is 6.61. The second-order valence-corrected chi connectivity index (χ2v) is 5.17. The van der Waals surface area contributed by atoms with E-state index in [0.717, 1.165) is 6.42 Å². The minimum atomic E-state index is -0.442. The summed E-state index contributed by atoms with van der Waals surface area (Å²) in [6, 6.07) is -0.442. The monoisotopic (exact) mass is 245 g/mol. The smallest absolute Gasteiger partial charge is 0.236 e. The highest BCUT2D eigenvalue weighted by molar-refractivity contribution is 5.81. The molecule has 3 N–H and O–H groups in total. The van der Waals surface area contributed by atoms with Gasteiger partial charge in [0, 0.05) is 25.8 Å². The number of likely N-dealkylation sites (N-methyl/N-ethyl adjacent to an activating group) is 1. The van der Waals surface area contributed by atoms with E-state index in [1.54, 1.807) is 7.11 Å². The van der Waals surface area contributed by atoms with Crippen LogP contribution in [0.5, 0.6) is 0 Å². The second-order valence-electron chi connectivity index (χ2n) is 5.17. The number of nitrogens with two attached hydrogens (primary N) is 1. The Hall–Kier alpha value is -0.650. The molecule has 1 atom stereocenters. The van der Waals surface area contributed by atoms with Crippen molar-refractivity contribution in [1.29, 1.82) is 0 Å². The van der Waals surface area contributed by atoms with Gasteiger partial charge in [-0.15, -0.1) is 0 Å². The minimum absolute atomic E-state index is 0.0675. The van der Waals surface area contributed by atoms with E-state index in [1.165, 1.54) is 0 Å². The van der Waals surface area contributed by atoms with Crippen molar-refractivity contribution in [2.45, 2.75) is 38.3 Å². The van der Waals surface area contributed by atoms with Crippen molar-refractivity contribution in [1.82, 2.24) is 10.2 Å². The number of carbonyl (C=O) groups excluding carboxylic acids is 1. The van der Waals surface area contributed by atoms with Gasteiger partial charge in [0.25, 0.3) is 0 Å². The summed E-state index contributed by atoms with van der Waals surface area (Å²) < 4.78 is 4.92. The van der Waals surface area contributed by atoms with E-state index in [4.69, 9.17) is 10.5 Å². The van der Waals surface area contributed by atoms with Crippen molar-refractivity contribution in [2.24, 2.45) is 5.73 Å². The van der Waals surface area contributed by atoms with Crippen LogP contribution in [0.25, 0.3) is 0 Å². The molecule has 0 aromatic rings. The van der Waals surface area contributed by atoms with Crippen LogP contribution in [0.1, 0.15) is 26.7 Å². The van der Waals surface area contributed by atoms with Crippen molar-refractivity contribution in [3.05, 3.63) is 0 Å². The highest BCUT2D eigenvalue weighted by Gasteiger charge is 2.22. The molecule has 0 saturated heterocycles. The number of rotatable bonds is 8. The Labute approximate surface area is 105 Å². The van der Waals surface area contributed by atoms with Crippen LogP contribution in [0.4, 0.5) is 0 Å². The zero-order chi connectivity index (χ0) is 13.5. The summed E-state index contributed by atoms with van der Waals surface area (Å²) in [5, 5.41) is 2.88. The molecule has 0 rings (SSSR count). The Kier molecular flexibility index (Phi) is 7.34. The molecule has 0 fully saturated rings. The van der Waals surface area contributed by atoms with E-state index in [0.29, 0.717) is 19.6 Å². The predicted molar refractivity (Wildman–Crippen MR) is 69.9 cm³/mol. The van der Waals surface area contributed by atoms with E-state index in [-0.39, 0.29) is 11.4 Å². The molecule has 0 radical (unpaired) electrons. The summed E-state index contributed by atoms with van der Waals surface area (Å²) in [5.74, 6) is -0.0870. The molecule has 102 valence electrons. The Balaban J connectivity index is 3.93. The summed E-state index contributed by atoms with van der Waals surface area (Å²) in [5.41, 5.74) is 5.71. The molecular formula is C12H27N3O2. The highest BCUT2D eigenvalue weighted by atomic mass is 16.5.